The maximum absolute atomic E-state index is 4.13. The van der Waals surface area contributed by atoms with Crippen LogP contribution in [0.25, 0.3) is 0 Å². The molecular formula is C16H28. The van der Waals surface area contributed by atoms with Crippen LogP contribution >= 0.6 is 0 Å². The molecule has 2 saturated carbocycles. The van der Waals surface area contributed by atoms with Crippen molar-refractivity contribution in [3.05, 3.63) is 12.7 Å². The first-order valence-corrected chi connectivity index (χ1v) is 7.44. The minimum absolute atomic E-state index is 0.841. The number of hydrogen-bond donors (Lipinski definition) is 0. The normalized spacial score (nSPS) is 34.6. The number of hydrogen-bond acceptors (Lipinski definition) is 0. The molecule has 0 spiro atoms. The molecule has 0 N–H and O–H groups in total. The van der Waals surface area contributed by atoms with Crippen molar-refractivity contribution in [1.82, 2.24) is 0 Å². The zero-order valence-electron chi connectivity index (χ0n) is 11.0. The van der Waals surface area contributed by atoms with E-state index in [1.54, 1.807) is 0 Å². The van der Waals surface area contributed by atoms with Crippen LogP contribution in [-0.2, 0) is 0 Å². The van der Waals surface area contributed by atoms with Crippen LogP contribution in [-0.4, -0.2) is 0 Å². The minimum Gasteiger partial charge on any atom is -0.103 e. The average molecular weight is 220 g/mol. The molecular weight excluding hydrogens is 192 g/mol. The van der Waals surface area contributed by atoms with E-state index in [-0.39, 0.29) is 0 Å². The highest BCUT2D eigenvalue weighted by molar-refractivity contribution is 4.92. The second-order valence-corrected chi connectivity index (χ2v) is 6.23. The standard InChI is InChI=1S/C16H28/c1-3-16(14-7-5-4-6-8-14)15-11-9-13(2)10-12-15/h3,13-16H,1,4-12H2,2H3. The molecule has 1 unspecified atom stereocenters. The van der Waals surface area contributed by atoms with E-state index in [0.29, 0.717) is 0 Å². The van der Waals surface area contributed by atoms with Crippen LogP contribution < -0.4 is 0 Å². The van der Waals surface area contributed by atoms with E-state index in [0.717, 1.165) is 23.7 Å². The molecule has 1 atom stereocenters. The summed E-state index contributed by atoms with van der Waals surface area (Å²) < 4.78 is 0. The first-order chi connectivity index (χ1) is 7.81. The molecule has 0 heterocycles. The summed E-state index contributed by atoms with van der Waals surface area (Å²) in [5, 5.41) is 0. The van der Waals surface area contributed by atoms with Crippen molar-refractivity contribution in [2.24, 2.45) is 23.7 Å². The van der Waals surface area contributed by atoms with Gasteiger partial charge in [-0.05, 0) is 49.4 Å². The summed E-state index contributed by atoms with van der Waals surface area (Å²) >= 11 is 0. The van der Waals surface area contributed by atoms with Crippen LogP contribution in [0.5, 0.6) is 0 Å². The lowest BCUT2D eigenvalue weighted by atomic mass is 9.68. The second-order valence-electron chi connectivity index (χ2n) is 6.23. The molecule has 0 nitrogen and oxygen atoms in total. The largest absolute Gasteiger partial charge is 0.103 e. The van der Waals surface area contributed by atoms with E-state index in [1.165, 1.54) is 57.8 Å². The summed E-state index contributed by atoms with van der Waals surface area (Å²) in [6.45, 7) is 6.55. The summed E-state index contributed by atoms with van der Waals surface area (Å²) in [5.41, 5.74) is 0. The molecule has 0 radical (unpaired) electrons. The van der Waals surface area contributed by atoms with Crippen molar-refractivity contribution in [2.45, 2.75) is 64.7 Å². The van der Waals surface area contributed by atoms with Gasteiger partial charge in [0.15, 0.2) is 0 Å². The van der Waals surface area contributed by atoms with Crippen molar-refractivity contribution in [1.29, 1.82) is 0 Å². The van der Waals surface area contributed by atoms with Crippen LogP contribution in [0.3, 0.4) is 0 Å². The van der Waals surface area contributed by atoms with Gasteiger partial charge in [0.2, 0.25) is 0 Å². The SMILES string of the molecule is C=CC(C1CCCCC1)C1CCC(C)CC1. The van der Waals surface area contributed by atoms with Crippen LogP contribution in [0, 0.1) is 23.7 Å². The predicted molar refractivity (Wildman–Crippen MR) is 71.4 cm³/mol. The van der Waals surface area contributed by atoms with E-state index in [9.17, 15) is 0 Å². The summed E-state index contributed by atoms with van der Waals surface area (Å²) in [7, 11) is 0. The van der Waals surface area contributed by atoms with Crippen LogP contribution in [0.1, 0.15) is 64.7 Å². The van der Waals surface area contributed by atoms with E-state index in [4.69, 9.17) is 0 Å². The molecule has 0 amide bonds. The predicted octanol–water partition coefficient (Wildman–Crippen LogP) is 5.20. The Hall–Kier alpha value is -0.260. The monoisotopic (exact) mass is 220 g/mol. The molecule has 0 aromatic heterocycles. The van der Waals surface area contributed by atoms with Gasteiger partial charge >= 0.3 is 0 Å². The fourth-order valence-electron chi connectivity index (χ4n) is 3.96. The molecule has 0 heteroatoms. The van der Waals surface area contributed by atoms with E-state index in [1.807, 2.05) is 0 Å². The van der Waals surface area contributed by atoms with Gasteiger partial charge in [-0.1, -0.05) is 45.1 Å². The summed E-state index contributed by atoms with van der Waals surface area (Å²) in [6.07, 6.45) is 15.5. The van der Waals surface area contributed by atoms with Gasteiger partial charge in [0, 0.05) is 0 Å². The highest BCUT2D eigenvalue weighted by Gasteiger charge is 2.30. The Kier molecular flexibility index (Phi) is 4.49. The Bertz CT molecular complexity index is 204. The first kappa shape index (κ1) is 12.2. The lowest BCUT2D eigenvalue weighted by molar-refractivity contribution is 0.164. The highest BCUT2D eigenvalue weighted by Crippen LogP contribution is 2.41. The van der Waals surface area contributed by atoms with Gasteiger partial charge in [0.1, 0.15) is 0 Å². The molecule has 2 rings (SSSR count). The van der Waals surface area contributed by atoms with Gasteiger partial charge in [-0.25, -0.2) is 0 Å². The highest BCUT2D eigenvalue weighted by atomic mass is 14.4. The number of rotatable bonds is 3. The van der Waals surface area contributed by atoms with Crippen molar-refractivity contribution in [3.8, 4) is 0 Å². The Balaban J connectivity index is 1.90. The van der Waals surface area contributed by atoms with Crippen molar-refractivity contribution in [3.63, 3.8) is 0 Å². The molecule has 0 aromatic carbocycles. The Morgan fingerprint density at radius 1 is 0.875 bits per heavy atom. The van der Waals surface area contributed by atoms with Crippen molar-refractivity contribution >= 4 is 0 Å². The quantitative estimate of drug-likeness (QED) is 0.574. The van der Waals surface area contributed by atoms with Crippen molar-refractivity contribution < 1.29 is 0 Å². The fourth-order valence-corrected chi connectivity index (χ4v) is 3.96. The third kappa shape index (κ3) is 2.90. The van der Waals surface area contributed by atoms with Gasteiger partial charge in [0.25, 0.3) is 0 Å². The van der Waals surface area contributed by atoms with Gasteiger partial charge in [0.05, 0.1) is 0 Å². The fraction of sp³-hybridized carbons (Fsp3) is 0.875. The molecule has 0 saturated heterocycles. The third-order valence-electron chi connectivity index (χ3n) is 5.07. The van der Waals surface area contributed by atoms with Crippen LogP contribution in [0.2, 0.25) is 0 Å². The van der Waals surface area contributed by atoms with Gasteiger partial charge in [-0.15, -0.1) is 6.58 Å². The van der Waals surface area contributed by atoms with E-state index in [2.05, 4.69) is 19.6 Å². The van der Waals surface area contributed by atoms with Crippen LogP contribution in [0.4, 0.5) is 0 Å². The molecule has 16 heavy (non-hydrogen) atoms. The van der Waals surface area contributed by atoms with Gasteiger partial charge in [-0.3, -0.25) is 0 Å². The van der Waals surface area contributed by atoms with Crippen molar-refractivity contribution in [2.75, 3.05) is 0 Å². The van der Waals surface area contributed by atoms with Gasteiger partial charge < -0.3 is 0 Å². The Labute approximate surface area is 102 Å². The molecule has 0 aromatic rings. The smallest absolute Gasteiger partial charge is 0.0179 e. The lowest BCUT2D eigenvalue weighted by Crippen LogP contribution is -2.27. The summed E-state index contributed by atoms with van der Waals surface area (Å²) in [6, 6.07) is 0. The zero-order chi connectivity index (χ0) is 11.4. The molecule has 2 aliphatic rings. The second kappa shape index (κ2) is 5.89. The molecule has 92 valence electrons. The zero-order valence-corrected chi connectivity index (χ0v) is 11.0. The van der Waals surface area contributed by atoms with E-state index >= 15 is 0 Å². The molecule has 2 aliphatic carbocycles. The number of allylic oxidation sites excluding steroid dienone is 1. The first-order valence-electron chi connectivity index (χ1n) is 7.44. The van der Waals surface area contributed by atoms with Crippen LogP contribution in [0.15, 0.2) is 12.7 Å². The van der Waals surface area contributed by atoms with E-state index < -0.39 is 0 Å². The summed E-state index contributed by atoms with van der Waals surface area (Å²) in [4.78, 5) is 0. The lowest BCUT2D eigenvalue weighted by Gasteiger charge is -2.37. The maximum atomic E-state index is 4.13. The molecule has 0 bridgehead atoms. The Morgan fingerprint density at radius 2 is 1.44 bits per heavy atom. The molecule has 0 aliphatic heterocycles. The third-order valence-corrected chi connectivity index (χ3v) is 5.07. The maximum Gasteiger partial charge on any atom is -0.0179 e. The summed E-state index contributed by atoms with van der Waals surface area (Å²) in [5.74, 6) is 3.77. The minimum atomic E-state index is 0.841. The Morgan fingerprint density at radius 3 is 2.00 bits per heavy atom. The molecule has 2 fully saturated rings. The average Bonchev–Trinajstić information content (AvgIpc) is 2.34. The van der Waals surface area contributed by atoms with Gasteiger partial charge in [-0.2, -0.15) is 0 Å². The topological polar surface area (TPSA) is 0 Å².